The molecule has 0 saturated heterocycles. The zero-order valence-electron chi connectivity index (χ0n) is 10.2. The quantitative estimate of drug-likeness (QED) is 0.548. The van der Waals surface area contributed by atoms with Crippen molar-refractivity contribution in [2.24, 2.45) is 10.8 Å². The monoisotopic (exact) mass is 218 g/mol. The van der Waals surface area contributed by atoms with Gasteiger partial charge in [-0.05, 0) is 39.0 Å². The number of carbonyl (C=O) groups is 1. The Morgan fingerprint density at radius 2 is 1.87 bits per heavy atom. The third kappa shape index (κ3) is 2.92. The lowest BCUT2D eigenvalue weighted by Crippen LogP contribution is -2.43. The first-order valence-corrected chi connectivity index (χ1v) is 5.25. The minimum absolute atomic E-state index is 0.402. The summed E-state index contributed by atoms with van der Waals surface area (Å²) in [5.41, 5.74) is -1.23. The minimum Gasteiger partial charge on any atom is -0.393 e. The minimum atomic E-state index is -0.826. The summed E-state index contributed by atoms with van der Waals surface area (Å²) in [5, 5.41) is 17.9. The Kier molecular flexibility index (Phi) is 4.74. The van der Waals surface area contributed by atoms with Gasteiger partial charge in [0.2, 0.25) is 0 Å². The molecule has 0 fully saturated rings. The molecule has 0 bridgehead atoms. The Morgan fingerprint density at radius 1 is 1.40 bits per heavy atom. The van der Waals surface area contributed by atoms with Crippen LogP contribution in [0.4, 0.5) is 0 Å². The maximum absolute atomic E-state index is 11.5. The molecular formula is C11H22O4. The Morgan fingerprint density at radius 3 is 2.13 bits per heavy atom. The summed E-state index contributed by atoms with van der Waals surface area (Å²) in [4.78, 5) is 15.3. The van der Waals surface area contributed by atoms with Gasteiger partial charge < -0.3 is 9.99 Å². The molecule has 2 unspecified atom stereocenters. The van der Waals surface area contributed by atoms with Gasteiger partial charge in [0, 0.05) is 0 Å². The largest absolute Gasteiger partial charge is 0.393 e. The molecule has 2 atom stereocenters. The van der Waals surface area contributed by atoms with Crippen molar-refractivity contribution in [3.8, 4) is 0 Å². The van der Waals surface area contributed by atoms with E-state index >= 15 is 0 Å². The first-order valence-electron chi connectivity index (χ1n) is 5.25. The topological polar surface area (TPSA) is 66.8 Å². The summed E-state index contributed by atoms with van der Waals surface area (Å²) < 4.78 is 0. The van der Waals surface area contributed by atoms with Crippen molar-refractivity contribution >= 4 is 5.97 Å². The Labute approximate surface area is 91.2 Å². The van der Waals surface area contributed by atoms with Crippen LogP contribution in [-0.4, -0.2) is 22.4 Å². The van der Waals surface area contributed by atoms with Crippen LogP contribution in [0.1, 0.15) is 47.5 Å². The van der Waals surface area contributed by atoms with Crippen LogP contribution in [0, 0.1) is 10.8 Å². The van der Waals surface area contributed by atoms with Gasteiger partial charge in [-0.3, -0.25) is 0 Å². The van der Waals surface area contributed by atoms with Gasteiger partial charge in [-0.25, -0.2) is 4.79 Å². The lowest BCUT2D eigenvalue weighted by atomic mass is 9.62. The highest BCUT2D eigenvalue weighted by molar-refractivity contribution is 5.76. The van der Waals surface area contributed by atoms with Crippen LogP contribution >= 0.6 is 0 Å². The zero-order valence-corrected chi connectivity index (χ0v) is 10.2. The second-order valence-electron chi connectivity index (χ2n) is 4.97. The molecule has 0 spiro atoms. The van der Waals surface area contributed by atoms with Crippen molar-refractivity contribution in [2.75, 3.05) is 0 Å². The molecule has 0 aromatic heterocycles. The number of hydrogen-bond acceptors (Lipinski definition) is 4. The molecule has 2 N–H and O–H groups in total. The van der Waals surface area contributed by atoms with Gasteiger partial charge in [-0.15, -0.1) is 0 Å². The average molecular weight is 218 g/mol. The van der Waals surface area contributed by atoms with E-state index in [1.807, 2.05) is 13.8 Å². The van der Waals surface area contributed by atoms with Gasteiger partial charge in [0.15, 0.2) is 0 Å². The normalized spacial score (nSPS) is 18.1. The third-order valence-corrected chi connectivity index (χ3v) is 3.63. The number of rotatable bonds is 5. The first-order chi connectivity index (χ1) is 6.71. The van der Waals surface area contributed by atoms with Gasteiger partial charge >= 0.3 is 5.97 Å². The van der Waals surface area contributed by atoms with Crippen LogP contribution in [0.25, 0.3) is 0 Å². The number of carbonyl (C=O) groups excluding carboxylic acids is 1. The van der Waals surface area contributed by atoms with Crippen molar-refractivity contribution in [3.63, 3.8) is 0 Å². The molecule has 0 saturated carbocycles. The molecule has 0 aliphatic rings. The molecule has 4 heteroatoms. The van der Waals surface area contributed by atoms with Gasteiger partial charge in [-0.1, -0.05) is 13.8 Å². The van der Waals surface area contributed by atoms with E-state index in [0.29, 0.717) is 6.42 Å². The van der Waals surface area contributed by atoms with E-state index in [4.69, 9.17) is 5.26 Å². The van der Waals surface area contributed by atoms with E-state index < -0.39 is 22.9 Å². The predicted molar refractivity (Wildman–Crippen MR) is 57.2 cm³/mol. The molecule has 4 nitrogen and oxygen atoms in total. The number of aliphatic hydroxyl groups is 1. The van der Waals surface area contributed by atoms with Crippen LogP contribution in [0.3, 0.4) is 0 Å². The molecule has 0 aliphatic carbocycles. The lowest BCUT2D eigenvalue weighted by Gasteiger charge is -2.41. The van der Waals surface area contributed by atoms with E-state index in [1.54, 1.807) is 20.8 Å². The van der Waals surface area contributed by atoms with Crippen LogP contribution < -0.4 is 0 Å². The number of hydrogen-bond donors (Lipinski definition) is 2. The molecule has 90 valence electrons. The zero-order chi connectivity index (χ0) is 12.3. The van der Waals surface area contributed by atoms with Gasteiger partial charge in [-0.2, -0.15) is 5.26 Å². The molecule has 15 heavy (non-hydrogen) atoms. The fraction of sp³-hybridized carbons (Fsp3) is 0.909. The molecular weight excluding hydrogens is 196 g/mol. The fourth-order valence-corrected chi connectivity index (χ4v) is 1.85. The van der Waals surface area contributed by atoms with E-state index in [0.717, 1.165) is 6.42 Å². The number of aliphatic hydroxyl groups excluding tert-OH is 1. The summed E-state index contributed by atoms with van der Waals surface area (Å²) in [6, 6.07) is 0. The maximum Gasteiger partial charge on any atom is 0.348 e. The molecule has 0 aromatic rings. The van der Waals surface area contributed by atoms with Crippen molar-refractivity contribution in [3.05, 3.63) is 0 Å². The third-order valence-electron chi connectivity index (χ3n) is 3.63. The maximum atomic E-state index is 11.5. The standard InChI is InChI=1S/C11H22O4/c1-6-11(5,7-8(2)12)10(3,4)9(13)15-14/h8,12,14H,6-7H2,1-5H3. The van der Waals surface area contributed by atoms with E-state index in [-0.39, 0.29) is 0 Å². The molecule has 0 aromatic carbocycles. The first kappa shape index (κ1) is 14.4. The van der Waals surface area contributed by atoms with E-state index in [9.17, 15) is 9.90 Å². The average Bonchev–Trinajstić information content (AvgIpc) is 2.14. The molecule has 0 heterocycles. The summed E-state index contributed by atoms with van der Waals surface area (Å²) in [7, 11) is 0. The molecule has 0 aliphatic heterocycles. The van der Waals surface area contributed by atoms with Gasteiger partial charge in [0.1, 0.15) is 0 Å². The van der Waals surface area contributed by atoms with Gasteiger partial charge in [0.05, 0.1) is 11.5 Å². The SMILES string of the molecule is CCC(C)(CC(C)O)C(C)(C)C(=O)OO. The van der Waals surface area contributed by atoms with E-state index in [2.05, 4.69) is 4.89 Å². The van der Waals surface area contributed by atoms with Crippen LogP contribution in [0.5, 0.6) is 0 Å². The second-order valence-corrected chi connectivity index (χ2v) is 4.97. The summed E-state index contributed by atoms with van der Waals surface area (Å²) in [6.45, 7) is 8.99. The summed E-state index contributed by atoms with van der Waals surface area (Å²) in [6.07, 6.45) is 0.728. The van der Waals surface area contributed by atoms with Crippen molar-refractivity contribution < 1.29 is 20.0 Å². The van der Waals surface area contributed by atoms with Crippen LogP contribution in [-0.2, 0) is 9.68 Å². The fourth-order valence-electron chi connectivity index (χ4n) is 1.85. The summed E-state index contributed by atoms with van der Waals surface area (Å²) >= 11 is 0. The van der Waals surface area contributed by atoms with Crippen molar-refractivity contribution in [2.45, 2.75) is 53.6 Å². The highest BCUT2D eigenvalue weighted by Crippen LogP contribution is 2.45. The smallest absolute Gasteiger partial charge is 0.348 e. The van der Waals surface area contributed by atoms with Crippen LogP contribution in [0.2, 0.25) is 0 Å². The Balaban J connectivity index is 4.99. The lowest BCUT2D eigenvalue weighted by molar-refractivity contribution is -0.250. The highest BCUT2D eigenvalue weighted by atomic mass is 17.1. The van der Waals surface area contributed by atoms with E-state index in [1.165, 1.54) is 0 Å². The second kappa shape index (κ2) is 4.94. The summed E-state index contributed by atoms with van der Waals surface area (Å²) in [5.74, 6) is -0.660. The molecule has 0 radical (unpaired) electrons. The Bertz CT molecular complexity index is 223. The van der Waals surface area contributed by atoms with Crippen LogP contribution in [0.15, 0.2) is 0 Å². The highest BCUT2D eigenvalue weighted by Gasteiger charge is 2.47. The predicted octanol–water partition coefficient (Wildman–Crippen LogP) is 2.22. The van der Waals surface area contributed by atoms with Gasteiger partial charge in [0.25, 0.3) is 0 Å². The Hall–Kier alpha value is -0.610. The molecule has 0 rings (SSSR count). The molecule has 0 amide bonds. The van der Waals surface area contributed by atoms with Crippen molar-refractivity contribution in [1.82, 2.24) is 0 Å². The van der Waals surface area contributed by atoms with Crippen molar-refractivity contribution in [1.29, 1.82) is 0 Å².